The van der Waals surface area contributed by atoms with Crippen molar-refractivity contribution in [1.29, 1.82) is 0 Å². The molecule has 15 nitrogen and oxygen atoms in total. The van der Waals surface area contributed by atoms with Crippen LogP contribution in [0.1, 0.15) is 178 Å². The summed E-state index contributed by atoms with van der Waals surface area (Å²) in [6.45, 7) is 11.3. The number of esters is 2. The van der Waals surface area contributed by atoms with Gasteiger partial charge in [0.2, 0.25) is 0 Å². The predicted octanol–water partition coefficient (Wildman–Crippen LogP) is 17.6. The van der Waals surface area contributed by atoms with Crippen molar-refractivity contribution in [2.24, 2.45) is 47.3 Å². The van der Waals surface area contributed by atoms with Crippen LogP contribution in [0.3, 0.4) is 0 Å². The summed E-state index contributed by atoms with van der Waals surface area (Å²) in [6.07, 6.45) is 22.9. The lowest BCUT2D eigenvalue weighted by molar-refractivity contribution is -0.384. The number of nitro groups is 1. The number of fused-ring (bicyclic) bond motifs is 4. The fourth-order valence-electron chi connectivity index (χ4n) is 14.9. The van der Waals surface area contributed by atoms with E-state index in [-0.39, 0.29) is 75.5 Å². The molecule has 92 heavy (non-hydrogen) atoms. The molecule has 0 aromatic heterocycles. The molecule has 0 bridgehead atoms. The molecule has 5 aromatic rings. The Kier molecular flexibility index (Phi) is 29.7. The van der Waals surface area contributed by atoms with E-state index in [0.717, 1.165) is 126 Å². The van der Waals surface area contributed by atoms with Crippen LogP contribution >= 0.6 is 11.6 Å². The molecule has 4 aliphatic carbocycles. The van der Waals surface area contributed by atoms with Crippen LogP contribution < -0.4 is 14.2 Å². The third kappa shape index (κ3) is 22.1. The number of ether oxygens (including phenoxy) is 6. The molecule has 10 rings (SSSR count). The Morgan fingerprint density at radius 2 is 1.10 bits per heavy atom. The third-order valence-corrected chi connectivity index (χ3v) is 19.7. The number of aliphatic hydroxyl groups is 1. The third-order valence-electron chi connectivity index (χ3n) is 19.7. The molecule has 1 saturated heterocycles. The van der Waals surface area contributed by atoms with E-state index in [9.17, 15) is 34.4 Å². The van der Waals surface area contributed by atoms with Crippen molar-refractivity contribution in [1.82, 2.24) is 4.90 Å². The molecule has 16 heteroatoms. The topological polar surface area (TPSA) is 190 Å². The first-order chi connectivity index (χ1) is 44.2. The first-order valence-corrected chi connectivity index (χ1v) is 34.1. The highest BCUT2D eigenvalue weighted by molar-refractivity contribution is 6.61. The molecule has 0 spiro atoms. The van der Waals surface area contributed by atoms with Gasteiger partial charge in [-0.3, -0.25) is 10.1 Å². The molecule has 5 aliphatic rings. The zero-order valence-corrected chi connectivity index (χ0v) is 54.8. The monoisotopic (exact) mass is 1280 g/mol. The van der Waals surface area contributed by atoms with Crippen LogP contribution in [0.15, 0.2) is 121 Å². The van der Waals surface area contributed by atoms with Gasteiger partial charge in [-0.05, 0) is 208 Å². The van der Waals surface area contributed by atoms with Crippen LogP contribution in [0.4, 0.5) is 15.3 Å². The van der Waals surface area contributed by atoms with Gasteiger partial charge in [-0.1, -0.05) is 152 Å². The summed E-state index contributed by atoms with van der Waals surface area (Å²) in [6, 6.07) is 37.0. The maximum absolute atomic E-state index is 13.0. The maximum Gasteiger partial charge on any atom is 0.410 e. The Hall–Kier alpha value is -6.97. The first kappa shape index (κ1) is 72.5. The zero-order chi connectivity index (χ0) is 64.5. The van der Waals surface area contributed by atoms with E-state index in [1.54, 1.807) is 0 Å². The van der Waals surface area contributed by atoms with Crippen molar-refractivity contribution in [2.75, 3.05) is 26.3 Å². The molecular weight excluding hydrogens is 1180 g/mol. The molecule has 1 heterocycles. The van der Waals surface area contributed by atoms with E-state index < -0.39 is 10.4 Å². The van der Waals surface area contributed by atoms with E-state index in [0.29, 0.717) is 47.3 Å². The van der Waals surface area contributed by atoms with Gasteiger partial charge in [0.05, 0.1) is 11.0 Å². The summed E-state index contributed by atoms with van der Waals surface area (Å²) >= 11 is 4.92. The fraction of sp³-hybridized carbons (Fsp3) is 0.553. The molecule has 2 saturated carbocycles. The molecule has 0 radical (unpaired) electrons. The molecule has 0 unspecified atom stereocenters. The van der Waals surface area contributed by atoms with Gasteiger partial charge in [0.15, 0.2) is 13.2 Å². The standard InChI is InChI=1S/C37H51NO5.C31H42O4.C7H4ClNO4.CH4/c1-3-4-7-16-31(43-37(40)38-20-10-6-11-21-38)18-19-32-27(2)22-30-24-34-29(23-33(30)32)15-12-17-35(34)41-26-36(39)42-25-28-13-8-5-9-14-28;1-3-4-6-13-26(32)15-16-27-22(2)17-25-19-29-24(18-28(25)27)12-9-14-30(29)34-21-31(33)35-20-23-10-7-5-8-11-23;8-7(10)13-6-3-1-5(2-4-6)9(11)12;/h5,8-9,12-15,17,27,30-33H,3-4,6-7,10-11,16,18-26H2,1-2H3;5,7-12,14,22,25-28,32H,3-4,6,13,15-21H2,1-2H3;1-4H;1H4/t27-,30-,31+,32+,33+;22-,25-,26+,27+,28+;;/m11../s1. The van der Waals surface area contributed by atoms with Crippen LogP contribution in [-0.2, 0) is 62.7 Å². The summed E-state index contributed by atoms with van der Waals surface area (Å²) in [4.78, 5) is 59.5. The number of unbranched alkanes of at least 4 members (excludes halogenated alkanes) is 4. The number of piperidine rings is 1. The van der Waals surface area contributed by atoms with Crippen LogP contribution in [0.2, 0.25) is 0 Å². The van der Waals surface area contributed by atoms with Gasteiger partial charge in [-0.25, -0.2) is 19.2 Å². The van der Waals surface area contributed by atoms with E-state index in [1.807, 2.05) is 77.7 Å². The van der Waals surface area contributed by atoms with Gasteiger partial charge in [0, 0.05) is 36.8 Å². The number of non-ortho nitro benzene ring substituents is 1. The lowest BCUT2D eigenvalue weighted by Crippen LogP contribution is -2.38. The summed E-state index contributed by atoms with van der Waals surface area (Å²) in [5.74, 6) is 6.42. The molecule has 3 fully saturated rings. The summed E-state index contributed by atoms with van der Waals surface area (Å²) in [7, 11) is 0. The average Bonchev–Trinajstić information content (AvgIpc) is 1.58. The second kappa shape index (κ2) is 37.7. The number of benzene rings is 5. The number of likely N-dealkylation sites (tertiary alicyclic amines) is 1. The quantitative estimate of drug-likeness (QED) is 0.0131. The Balaban J connectivity index is 0.000000219. The Morgan fingerprint density at radius 1 is 0.609 bits per heavy atom. The second-order valence-electron chi connectivity index (χ2n) is 26.0. The number of amides is 1. The Morgan fingerprint density at radius 3 is 1.58 bits per heavy atom. The number of nitro benzene ring substituents is 1. The van der Waals surface area contributed by atoms with Crippen molar-refractivity contribution >= 4 is 40.7 Å². The lowest BCUT2D eigenvalue weighted by atomic mass is 9.73. The van der Waals surface area contributed by atoms with Gasteiger partial charge >= 0.3 is 23.5 Å². The first-order valence-electron chi connectivity index (χ1n) is 33.8. The molecule has 500 valence electrons. The minimum absolute atomic E-state index is 0. The molecular formula is C76H101ClN2O13. The highest BCUT2D eigenvalue weighted by Crippen LogP contribution is 2.52. The summed E-state index contributed by atoms with van der Waals surface area (Å²) in [5, 5.41) is 20.7. The van der Waals surface area contributed by atoms with Gasteiger partial charge in [-0.2, -0.15) is 0 Å². The molecule has 10 atom stereocenters. The number of carbonyl (C=O) groups is 4. The van der Waals surface area contributed by atoms with Crippen LogP contribution in [-0.4, -0.2) is 76.9 Å². The molecule has 1 N–H and O–H groups in total. The summed E-state index contributed by atoms with van der Waals surface area (Å²) in [5.41, 5.74) is 6.15. The van der Waals surface area contributed by atoms with Crippen molar-refractivity contribution in [3.8, 4) is 17.2 Å². The highest BCUT2D eigenvalue weighted by atomic mass is 35.5. The number of rotatable bonds is 27. The Bertz CT molecular complexity index is 3070. The van der Waals surface area contributed by atoms with Crippen LogP contribution in [0.5, 0.6) is 17.2 Å². The normalized spacial score (nSPS) is 21.4. The van der Waals surface area contributed by atoms with Crippen molar-refractivity contribution < 1.29 is 57.6 Å². The summed E-state index contributed by atoms with van der Waals surface area (Å²) < 4.78 is 33.4. The van der Waals surface area contributed by atoms with Gasteiger partial charge in [0.25, 0.3) is 5.69 Å². The van der Waals surface area contributed by atoms with Crippen LogP contribution in [0.25, 0.3) is 0 Å². The highest BCUT2D eigenvalue weighted by Gasteiger charge is 2.45. The van der Waals surface area contributed by atoms with Gasteiger partial charge in [0.1, 0.15) is 36.6 Å². The van der Waals surface area contributed by atoms with Crippen LogP contribution in [0, 0.1) is 57.5 Å². The molecule has 5 aromatic carbocycles. The minimum atomic E-state index is -0.978. The van der Waals surface area contributed by atoms with Crippen molar-refractivity contribution in [3.05, 3.63) is 165 Å². The number of carbonyl (C=O) groups excluding carboxylic acids is 4. The second-order valence-corrected chi connectivity index (χ2v) is 26.3. The van der Waals surface area contributed by atoms with Gasteiger partial charge < -0.3 is 38.4 Å². The lowest BCUT2D eigenvalue weighted by Gasteiger charge is -2.33. The zero-order valence-electron chi connectivity index (χ0n) is 54.0. The number of halogens is 1. The smallest absolute Gasteiger partial charge is 0.410 e. The predicted molar refractivity (Wildman–Crippen MR) is 360 cm³/mol. The SMILES string of the molecule is C.CCCCC[C@@H](CC[C@@H]1[C@H]2Cc3cccc(OCC(=O)OCc4ccccc4)c3C[C@H]2C[C@H]1C)OC(=O)N1CCCCC1.CCCCC[C@H](O)CC[C@@H]1[C@H]2Cc3cccc(OCC(=O)OCc4ccccc4)c3C[C@H]2C[C@H]1C.O=C(Cl)Oc1ccc([N+](=O)[O-])cc1. The molecule has 1 amide bonds. The van der Waals surface area contributed by atoms with E-state index in [2.05, 4.69) is 56.7 Å². The van der Waals surface area contributed by atoms with E-state index >= 15 is 0 Å². The number of hydrogen-bond acceptors (Lipinski definition) is 13. The number of nitrogens with zero attached hydrogens (tertiary/aromatic N) is 2. The van der Waals surface area contributed by atoms with E-state index in [4.69, 9.17) is 35.3 Å². The maximum atomic E-state index is 13.0. The van der Waals surface area contributed by atoms with Crippen molar-refractivity contribution in [2.45, 2.75) is 195 Å². The number of hydrogen-bond donors (Lipinski definition) is 1. The number of aliphatic hydroxyl groups excluding tert-OH is 1. The van der Waals surface area contributed by atoms with E-state index in [1.165, 1.54) is 91.5 Å². The molecule has 1 aliphatic heterocycles. The largest absolute Gasteiger partial charge is 0.482 e. The Labute approximate surface area is 551 Å². The fourth-order valence-corrected chi connectivity index (χ4v) is 15.0. The van der Waals surface area contributed by atoms with Gasteiger partial charge in [-0.15, -0.1) is 0 Å². The van der Waals surface area contributed by atoms with Crippen molar-refractivity contribution in [3.63, 3.8) is 0 Å². The average molecular weight is 1290 g/mol. The minimum Gasteiger partial charge on any atom is -0.482 e.